The van der Waals surface area contributed by atoms with E-state index in [1.54, 1.807) is 0 Å². The van der Waals surface area contributed by atoms with Crippen molar-refractivity contribution < 1.29 is 9.90 Å². The summed E-state index contributed by atoms with van der Waals surface area (Å²) in [7, 11) is 0. The molecule has 1 aromatic rings. The summed E-state index contributed by atoms with van der Waals surface area (Å²) < 4.78 is 0. The summed E-state index contributed by atoms with van der Waals surface area (Å²) in [5.41, 5.74) is 1.05. The molecule has 1 unspecified atom stereocenters. The van der Waals surface area contributed by atoms with Gasteiger partial charge in [0.05, 0.1) is 12.1 Å². The van der Waals surface area contributed by atoms with Crippen molar-refractivity contribution in [1.82, 2.24) is 4.98 Å². The average Bonchev–Trinajstić information content (AvgIpc) is 2.63. The van der Waals surface area contributed by atoms with E-state index in [2.05, 4.69) is 17.2 Å². The lowest BCUT2D eigenvalue weighted by Gasteiger charge is -2.19. The van der Waals surface area contributed by atoms with Crippen LogP contribution in [0.1, 0.15) is 32.9 Å². The fourth-order valence-corrected chi connectivity index (χ4v) is 2.19. The first-order valence-electron chi connectivity index (χ1n) is 5.45. The summed E-state index contributed by atoms with van der Waals surface area (Å²) in [5, 5.41) is 14.8. The highest BCUT2D eigenvalue weighted by molar-refractivity contribution is 7.13. The third kappa shape index (κ3) is 3.81. The molecule has 0 aliphatic heterocycles. The zero-order valence-electron chi connectivity index (χ0n) is 9.86. The zero-order chi connectivity index (χ0) is 12.1. The van der Waals surface area contributed by atoms with Crippen LogP contribution in [0.15, 0.2) is 5.38 Å². The van der Waals surface area contributed by atoms with Crippen LogP contribution in [0.4, 0.5) is 5.13 Å². The number of hydrogen-bond donors (Lipinski definition) is 2. The Balaban J connectivity index is 2.63. The monoisotopic (exact) mass is 242 g/mol. The second-order valence-corrected chi connectivity index (χ2v) is 4.95. The highest BCUT2D eigenvalue weighted by Gasteiger charge is 2.18. The molecule has 5 heteroatoms. The van der Waals surface area contributed by atoms with Crippen LogP contribution in [0.25, 0.3) is 0 Å². The van der Waals surface area contributed by atoms with Crippen molar-refractivity contribution in [2.75, 3.05) is 5.32 Å². The fraction of sp³-hybridized carbons (Fsp3) is 0.636. The molecule has 1 aromatic heterocycles. The molecular weight excluding hydrogens is 224 g/mol. The van der Waals surface area contributed by atoms with Crippen molar-refractivity contribution in [3.05, 3.63) is 11.1 Å². The van der Waals surface area contributed by atoms with Gasteiger partial charge in [-0.05, 0) is 12.3 Å². The number of aromatic nitrogens is 1. The van der Waals surface area contributed by atoms with E-state index in [1.807, 2.05) is 19.2 Å². The largest absolute Gasteiger partial charge is 0.481 e. The van der Waals surface area contributed by atoms with Crippen LogP contribution < -0.4 is 5.32 Å². The molecule has 2 N–H and O–H groups in total. The van der Waals surface area contributed by atoms with Gasteiger partial charge in [-0.1, -0.05) is 20.8 Å². The lowest BCUT2D eigenvalue weighted by Crippen LogP contribution is -2.28. The number of nitrogens with zero attached hydrogens (tertiary/aromatic N) is 1. The second kappa shape index (κ2) is 5.84. The summed E-state index contributed by atoms with van der Waals surface area (Å²) in [6.07, 6.45) is 1.03. The molecule has 1 rings (SSSR count). The van der Waals surface area contributed by atoms with E-state index in [0.29, 0.717) is 0 Å². The number of aliphatic carboxylic acids is 1. The summed E-state index contributed by atoms with van der Waals surface area (Å²) in [5.74, 6) is -0.511. The molecular formula is C11H18N2O2S. The van der Waals surface area contributed by atoms with E-state index in [4.69, 9.17) is 5.11 Å². The lowest BCUT2D eigenvalue weighted by atomic mass is 10.0. The van der Waals surface area contributed by atoms with Gasteiger partial charge >= 0.3 is 5.97 Å². The number of hydrogen-bond acceptors (Lipinski definition) is 4. The fourth-order valence-electron chi connectivity index (χ4n) is 1.34. The van der Waals surface area contributed by atoms with E-state index < -0.39 is 5.97 Å². The molecule has 0 aromatic carbocycles. The Bertz CT molecular complexity index is 350. The van der Waals surface area contributed by atoms with E-state index in [9.17, 15) is 4.79 Å². The van der Waals surface area contributed by atoms with Crippen LogP contribution in [0.3, 0.4) is 0 Å². The molecule has 90 valence electrons. The molecule has 0 bridgehead atoms. The average molecular weight is 242 g/mol. The van der Waals surface area contributed by atoms with Gasteiger partial charge in [0.2, 0.25) is 0 Å². The molecule has 0 saturated heterocycles. The molecule has 0 saturated carbocycles. The highest BCUT2D eigenvalue weighted by Crippen LogP contribution is 2.20. The Hall–Kier alpha value is -1.10. The van der Waals surface area contributed by atoms with Gasteiger partial charge in [0.25, 0.3) is 0 Å². The van der Waals surface area contributed by atoms with Gasteiger partial charge in [-0.15, -0.1) is 11.3 Å². The molecule has 16 heavy (non-hydrogen) atoms. The first-order chi connectivity index (χ1) is 7.52. The van der Waals surface area contributed by atoms with Crippen LogP contribution in [-0.4, -0.2) is 22.1 Å². The van der Waals surface area contributed by atoms with Crippen LogP contribution in [0, 0.1) is 5.92 Å². The third-order valence-electron chi connectivity index (χ3n) is 2.42. The van der Waals surface area contributed by atoms with Crippen molar-refractivity contribution >= 4 is 22.4 Å². The number of carboxylic acid groups (broad SMARTS) is 1. The molecule has 0 radical (unpaired) electrons. The predicted octanol–water partition coefficient (Wildman–Crippen LogP) is 2.62. The summed E-state index contributed by atoms with van der Waals surface area (Å²) in [4.78, 5) is 15.1. The van der Waals surface area contributed by atoms with E-state index >= 15 is 0 Å². The minimum Gasteiger partial charge on any atom is -0.481 e. The number of rotatable bonds is 6. The standard InChI is InChI=1S/C11H18N2O2S/c1-4-8-6-16-11(12-8)13-9(7(2)3)5-10(14)15/h6-7,9H,4-5H2,1-3H3,(H,12,13)(H,14,15). The number of nitrogens with one attached hydrogen (secondary N) is 1. The first kappa shape index (κ1) is 13.0. The van der Waals surface area contributed by atoms with E-state index in [-0.39, 0.29) is 18.4 Å². The third-order valence-corrected chi connectivity index (χ3v) is 3.24. The van der Waals surface area contributed by atoms with Gasteiger partial charge in [0, 0.05) is 11.4 Å². The van der Waals surface area contributed by atoms with Gasteiger partial charge in [0.1, 0.15) is 0 Å². The highest BCUT2D eigenvalue weighted by atomic mass is 32.1. The van der Waals surface area contributed by atoms with E-state index in [1.165, 1.54) is 11.3 Å². The number of anilines is 1. The second-order valence-electron chi connectivity index (χ2n) is 4.09. The molecule has 0 aliphatic rings. The normalized spacial score (nSPS) is 12.8. The van der Waals surface area contributed by atoms with Crippen LogP contribution in [0.5, 0.6) is 0 Å². The quantitative estimate of drug-likeness (QED) is 0.805. The van der Waals surface area contributed by atoms with Gasteiger partial charge < -0.3 is 10.4 Å². The lowest BCUT2D eigenvalue weighted by molar-refractivity contribution is -0.137. The zero-order valence-corrected chi connectivity index (χ0v) is 10.7. The molecule has 1 atom stereocenters. The van der Waals surface area contributed by atoms with E-state index in [0.717, 1.165) is 17.2 Å². The first-order valence-corrected chi connectivity index (χ1v) is 6.33. The molecule has 1 heterocycles. The van der Waals surface area contributed by atoms with Crippen molar-refractivity contribution in [2.45, 2.75) is 39.7 Å². The Kier molecular flexibility index (Phi) is 4.73. The SMILES string of the molecule is CCc1csc(NC(CC(=O)O)C(C)C)n1. The maximum Gasteiger partial charge on any atom is 0.305 e. The molecule has 0 spiro atoms. The van der Waals surface area contributed by atoms with Crippen molar-refractivity contribution in [2.24, 2.45) is 5.92 Å². The molecule has 0 aliphatic carbocycles. The predicted molar refractivity (Wildman–Crippen MR) is 66.0 cm³/mol. The molecule has 0 fully saturated rings. The van der Waals surface area contributed by atoms with Crippen LogP contribution >= 0.6 is 11.3 Å². The van der Waals surface area contributed by atoms with Crippen molar-refractivity contribution in [1.29, 1.82) is 0 Å². The number of thiazole rings is 1. The maximum absolute atomic E-state index is 10.7. The smallest absolute Gasteiger partial charge is 0.305 e. The summed E-state index contributed by atoms with van der Waals surface area (Å²) >= 11 is 1.53. The van der Waals surface area contributed by atoms with Crippen LogP contribution in [0.2, 0.25) is 0 Å². The minimum absolute atomic E-state index is 0.0617. The number of carbonyl (C=O) groups is 1. The Labute approximate surface area is 99.7 Å². The van der Waals surface area contributed by atoms with Gasteiger partial charge in [-0.25, -0.2) is 4.98 Å². The van der Waals surface area contributed by atoms with Gasteiger partial charge in [-0.2, -0.15) is 0 Å². The summed E-state index contributed by atoms with van der Waals surface area (Å²) in [6.45, 7) is 6.07. The number of carboxylic acids is 1. The maximum atomic E-state index is 10.7. The van der Waals surface area contributed by atoms with Crippen LogP contribution in [-0.2, 0) is 11.2 Å². The van der Waals surface area contributed by atoms with Crippen molar-refractivity contribution in [3.8, 4) is 0 Å². The number of aryl methyl sites for hydroxylation is 1. The molecule has 0 amide bonds. The molecule has 4 nitrogen and oxygen atoms in total. The van der Waals surface area contributed by atoms with Crippen molar-refractivity contribution in [3.63, 3.8) is 0 Å². The Morgan fingerprint density at radius 3 is 2.75 bits per heavy atom. The van der Waals surface area contributed by atoms with Gasteiger partial charge in [-0.3, -0.25) is 4.79 Å². The Morgan fingerprint density at radius 2 is 2.31 bits per heavy atom. The Morgan fingerprint density at radius 1 is 1.62 bits per heavy atom. The topological polar surface area (TPSA) is 62.2 Å². The minimum atomic E-state index is -0.779. The summed E-state index contributed by atoms with van der Waals surface area (Å²) in [6, 6.07) is -0.0617. The van der Waals surface area contributed by atoms with Gasteiger partial charge in [0.15, 0.2) is 5.13 Å².